The molecule has 0 aliphatic carbocycles. The maximum Gasteiger partial charge on any atom is 0.256 e. The summed E-state index contributed by atoms with van der Waals surface area (Å²) in [7, 11) is 0. The van der Waals surface area contributed by atoms with Crippen molar-refractivity contribution in [2.75, 3.05) is 9.80 Å². The third kappa shape index (κ3) is 7.32. The third-order valence-corrected chi connectivity index (χ3v) is 19.4. The fraction of sp³-hybridized carbons (Fsp3) is 0.429. The largest absolute Gasteiger partial charge is 0.301 e. The fourth-order valence-corrected chi connectivity index (χ4v) is 22.7. The van der Waals surface area contributed by atoms with Crippen LogP contribution in [-0.4, -0.2) is 0 Å². The molecule has 0 fully saturated rings. The van der Waals surface area contributed by atoms with Crippen molar-refractivity contribution in [1.29, 1.82) is 0 Å². The van der Waals surface area contributed by atoms with Crippen molar-refractivity contribution in [2.24, 2.45) is 13.5 Å². The van der Waals surface area contributed by atoms with Gasteiger partial charge in [0.2, 0.25) is 0 Å². The molecule has 0 amide bonds. The number of halogens is 5. The van der Waals surface area contributed by atoms with Gasteiger partial charge < -0.3 is 9.80 Å². The van der Waals surface area contributed by atoms with E-state index < -0.39 is 18.4 Å². The lowest BCUT2D eigenvalue weighted by atomic mass is 9.91. The molecule has 2 aliphatic heterocycles. The standard InChI is InChI=1S/C28H37Cl5N5P3/c1-18(2)22-11-9-12-23(19(3)4)27(22)37-15-16-38(28-24(20(5)6)13-10-14-25(28)21(7)8)26(37)17-39(29)34-40(30,31)36-41(32,33)35-39/h9-21H,1-8H3. The van der Waals surface area contributed by atoms with E-state index in [4.69, 9.17) is 56.2 Å². The molecule has 0 bridgehead atoms. The lowest BCUT2D eigenvalue weighted by Gasteiger charge is -2.34. The van der Waals surface area contributed by atoms with Gasteiger partial charge in [-0.3, -0.25) is 0 Å². The highest BCUT2D eigenvalue weighted by molar-refractivity contribution is 8.23. The summed E-state index contributed by atoms with van der Waals surface area (Å²) < 4.78 is 13.3. The van der Waals surface area contributed by atoms with Gasteiger partial charge >= 0.3 is 0 Å². The van der Waals surface area contributed by atoms with E-state index in [1.54, 1.807) is 0 Å². The van der Waals surface area contributed by atoms with Crippen LogP contribution in [0.25, 0.3) is 0 Å². The SMILES string of the molecule is CC(C)c1cccc(C(C)C)c1N1C=CN(c2c(C(C)C)cccc2C(C)C)C1=CP1(Cl)=NP(Cl)(Cl)=NP(Cl)(Cl)=N1. The first-order valence-electron chi connectivity index (χ1n) is 13.6. The summed E-state index contributed by atoms with van der Waals surface area (Å²) in [6, 6.07) is 13.0. The van der Waals surface area contributed by atoms with E-state index in [2.05, 4.69) is 128 Å². The van der Waals surface area contributed by atoms with E-state index >= 15 is 0 Å². The Balaban J connectivity index is 2.10. The second-order valence-corrected chi connectivity index (χ2v) is 25.0. The van der Waals surface area contributed by atoms with Crippen LogP contribution in [0.1, 0.15) is 101 Å². The van der Waals surface area contributed by atoms with E-state index in [0.717, 1.165) is 17.2 Å². The Morgan fingerprint density at radius 3 is 1.22 bits per heavy atom. The smallest absolute Gasteiger partial charge is 0.256 e. The zero-order chi connectivity index (χ0) is 30.5. The fourth-order valence-electron chi connectivity index (χ4n) is 5.17. The first-order valence-corrected chi connectivity index (χ1v) is 23.3. The van der Waals surface area contributed by atoms with Crippen LogP contribution >= 0.6 is 74.6 Å². The molecule has 5 nitrogen and oxygen atoms in total. The molecule has 2 aromatic carbocycles. The van der Waals surface area contributed by atoms with Crippen LogP contribution in [0.3, 0.4) is 0 Å². The van der Waals surface area contributed by atoms with Gasteiger partial charge in [0.25, 0.3) is 11.8 Å². The molecule has 0 radical (unpaired) electrons. The molecule has 0 saturated heterocycles. The first-order chi connectivity index (χ1) is 19.0. The summed E-state index contributed by atoms with van der Waals surface area (Å²) in [5.41, 5.74) is 7.09. The van der Waals surface area contributed by atoms with Crippen LogP contribution in [-0.2, 0) is 0 Å². The summed E-state index contributed by atoms with van der Waals surface area (Å²) in [6.45, 7) is 14.4. The Kier molecular flexibility index (Phi) is 10.3. The van der Waals surface area contributed by atoms with E-state index in [9.17, 15) is 0 Å². The van der Waals surface area contributed by atoms with Gasteiger partial charge in [0.1, 0.15) is 5.82 Å². The number of anilines is 2. The monoisotopic (exact) mass is 711 g/mol. The van der Waals surface area contributed by atoms with Crippen LogP contribution < -0.4 is 9.80 Å². The first kappa shape index (κ1) is 33.6. The Hall–Kier alpha value is -0.340. The molecule has 13 heteroatoms. The number of benzene rings is 2. The molecule has 2 aromatic rings. The van der Waals surface area contributed by atoms with Crippen molar-refractivity contribution in [3.8, 4) is 0 Å². The molecule has 0 N–H and O–H groups in total. The summed E-state index contributed by atoms with van der Waals surface area (Å²) in [5, 5.41) is 0. The second-order valence-electron chi connectivity index (χ2n) is 11.5. The molecule has 224 valence electrons. The van der Waals surface area contributed by atoms with Gasteiger partial charge in [0.15, 0.2) is 6.56 Å². The number of nitrogens with zero attached hydrogens (tertiary/aromatic N) is 5. The van der Waals surface area contributed by atoms with E-state index in [0.29, 0.717) is 0 Å². The van der Waals surface area contributed by atoms with Crippen LogP contribution in [0.15, 0.2) is 74.0 Å². The van der Waals surface area contributed by atoms with Crippen LogP contribution in [0.2, 0.25) is 0 Å². The lowest BCUT2D eigenvalue weighted by Crippen LogP contribution is -2.26. The average Bonchev–Trinajstić information content (AvgIpc) is 3.22. The highest BCUT2D eigenvalue weighted by atomic mass is 35.9. The summed E-state index contributed by atoms with van der Waals surface area (Å²) in [5.74, 6) is -2.68. The predicted octanol–water partition coefficient (Wildman–Crippen LogP) is 14.9. The van der Waals surface area contributed by atoms with Gasteiger partial charge in [-0.05, 0) is 102 Å². The van der Waals surface area contributed by atoms with Crippen molar-refractivity contribution in [3.05, 3.63) is 82.7 Å². The summed E-state index contributed by atoms with van der Waals surface area (Å²) in [6.07, 6.45) is 4.18. The molecule has 1 atom stereocenters. The average molecular weight is 714 g/mol. The highest BCUT2D eigenvalue weighted by Gasteiger charge is 2.36. The van der Waals surface area contributed by atoms with Crippen molar-refractivity contribution >= 4 is 86.0 Å². The summed E-state index contributed by atoms with van der Waals surface area (Å²) in [4.78, 5) is 4.38. The quantitative estimate of drug-likeness (QED) is 0.268. The molecule has 0 saturated carbocycles. The normalized spacial score (nSPS) is 21.5. The van der Waals surface area contributed by atoms with Gasteiger partial charge in [-0.25, -0.2) is 0 Å². The molecule has 1 unspecified atom stereocenters. The predicted molar refractivity (Wildman–Crippen MR) is 189 cm³/mol. The highest BCUT2D eigenvalue weighted by Crippen LogP contribution is 2.87. The van der Waals surface area contributed by atoms with Gasteiger partial charge in [-0.1, -0.05) is 91.8 Å². The molecule has 2 heterocycles. The molecule has 2 aliphatic rings. The molecular weight excluding hydrogens is 677 g/mol. The zero-order valence-electron chi connectivity index (χ0n) is 24.5. The van der Waals surface area contributed by atoms with Crippen molar-refractivity contribution in [3.63, 3.8) is 0 Å². The van der Waals surface area contributed by atoms with Crippen LogP contribution in [0.5, 0.6) is 0 Å². The van der Waals surface area contributed by atoms with Crippen LogP contribution in [0, 0.1) is 0 Å². The number of hydrogen-bond acceptors (Lipinski definition) is 5. The summed E-state index contributed by atoms with van der Waals surface area (Å²) >= 11 is 33.3. The maximum absolute atomic E-state index is 7.22. The lowest BCUT2D eigenvalue weighted by molar-refractivity contribution is 0.820. The molecule has 4 rings (SSSR count). The minimum Gasteiger partial charge on any atom is -0.301 e. The topological polar surface area (TPSA) is 43.6 Å². The van der Waals surface area contributed by atoms with Gasteiger partial charge in [-0.2, -0.15) is 13.5 Å². The second kappa shape index (κ2) is 12.6. The van der Waals surface area contributed by atoms with Crippen molar-refractivity contribution < 1.29 is 0 Å². The minimum absolute atomic E-state index is 0.276. The number of para-hydroxylation sites is 2. The zero-order valence-corrected chi connectivity index (χ0v) is 30.9. The van der Waals surface area contributed by atoms with Crippen molar-refractivity contribution in [1.82, 2.24) is 0 Å². The Morgan fingerprint density at radius 1 is 0.561 bits per heavy atom. The van der Waals surface area contributed by atoms with Gasteiger partial charge in [-0.15, -0.1) is 0 Å². The Bertz CT molecular complexity index is 1430. The number of hydrogen-bond donors (Lipinski definition) is 0. The minimum atomic E-state index is -3.22. The van der Waals surface area contributed by atoms with Crippen LogP contribution in [0.4, 0.5) is 11.4 Å². The number of rotatable bonds is 7. The molecular formula is C28H37Cl5N5P3. The molecule has 0 aromatic heterocycles. The molecule has 0 spiro atoms. The van der Waals surface area contributed by atoms with E-state index in [1.807, 2.05) is 5.82 Å². The van der Waals surface area contributed by atoms with Crippen molar-refractivity contribution in [2.45, 2.75) is 79.1 Å². The van der Waals surface area contributed by atoms with E-state index in [1.165, 1.54) is 22.3 Å². The Labute approximate surface area is 269 Å². The maximum atomic E-state index is 7.22. The van der Waals surface area contributed by atoms with E-state index in [-0.39, 0.29) is 23.7 Å². The third-order valence-electron chi connectivity index (χ3n) is 6.99. The van der Waals surface area contributed by atoms with Gasteiger partial charge in [0, 0.05) is 18.2 Å². The Morgan fingerprint density at radius 2 is 0.902 bits per heavy atom. The molecule has 41 heavy (non-hydrogen) atoms. The van der Waals surface area contributed by atoms with Gasteiger partial charge in [0.05, 0.1) is 11.4 Å².